The van der Waals surface area contributed by atoms with E-state index in [-0.39, 0.29) is 5.82 Å². The monoisotopic (exact) mass is 216 g/mol. The highest BCUT2D eigenvalue weighted by Gasteiger charge is 1.96. The number of pyridine rings is 1. The van der Waals surface area contributed by atoms with E-state index in [2.05, 4.69) is 10.3 Å². The van der Waals surface area contributed by atoms with Crippen LogP contribution in [0.5, 0.6) is 0 Å². The fraction of sp³-hybridized carbons (Fsp3) is 0.154. The van der Waals surface area contributed by atoms with E-state index in [0.717, 1.165) is 11.3 Å². The summed E-state index contributed by atoms with van der Waals surface area (Å²) in [6, 6.07) is 9.55. The van der Waals surface area contributed by atoms with E-state index < -0.39 is 0 Å². The molecule has 0 fully saturated rings. The third kappa shape index (κ3) is 2.79. The van der Waals surface area contributed by atoms with Crippen LogP contribution in [0.1, 0.15) is 11.1 Å². The van der Waals surface area contributed by atoms with Gasteiger partial charge in [0, 0.05) is 18.4 Å². The van der Waals surface area contributed by atoms with Crippen molar-refractivity contribution >= 4 is 5.69 Å². The SMILES string of the molecule is Cc1ccc(NCc2cncc(F)c2)cc1. The van der Waals surface area contributed by atoms with Crippen molar-refractivity contribution in [3.8, 4) is 0 Å². The lowest BCUT2D eigenvalue weighted by Crippen LogP contribution is -2.00. The van der Waals surface area contributed by atoms with Crippen LogP contribution < -0.4 is 5.32 Å². The Labute approximate surface area is 94.2 Å². The number of nitrogens with zero attached hydrogens (tertiary/aromatic N) is 1. The first-order valence-electron chi connectivity index (χ1n) is 5.14. The Morgan fingerprint density at radius 2 is 1.94 bits per heavy atom. The topological polar surface area (TPSA) is 24.9 Å². The van der Waals surface area contributed by atoms with Crippen molar-refractivity contribution < 1.29 is 4.39 Å². The highest BCUT2D eigenvalue weighted by Crippen LogP contribution is 2.10. The summed E-state index contributed by atoms with van der Waals surface area (Å²) in [6.07, 6.45) is 2.86. The second kappa shape index (κ2) is 4.75. The number of benzene rings is 1. The summed E-state index contributed by atoms with van der Waals surface area (Å²) in [4.78, 5) is 3.80. The molecule has 2 aromatic rings. The predicted octanol–water partition coefficient (Wildman–Crippen LogP) is 3.14. The molecule has 1 aromatic carbocycles. The molecule has 1 aromatic heterocycles. The average Bonchev–Trinajstić information content (AvgIpc) is 2.28. The molecule has 0 amide bonds. The number of aryl methyl sites for hydroxylation is 1. The summed E-state index contributed by atoms with van der Waals surface area (Å²) < 4.78 is 12.9. The molecule has 0 saturated carbocycles. The summed E-state index contributed by atoms with van der Waals surface area (Å²) in [5, 5.41) is 3.21. The van der Waals surface area contributed by atoms with Crippen molar-refractivity contribution in [2.45, 2.75) is 13.5 Å². The molecule has 2 nitrogen and oxygen atoms in total. The van der Waals surface area contributed by atoms with Crippen LogP contribution in [0.15, 0.2) is 42.7 Å². The zero-order valence-electron chi connectivity index (χ0n) is 9.07. The first-order valence-corrected chi connectivity index (χ1v) is 5.14. The second-order valence-corrected chi connectivity index (χ2v) is 3.73. The molecule has 1 N–H and O–H groups in total. The standard InChI is InChI=1S/C13H13FN2/c1-10-2-4-13(5-3-10)16-8-11-6-12(14)9-15-7-11/h2-7,9,16H,8H2,1H3. The van der Waals surface area contributed by atoms with Crippen LogP contribution in [0.3, 0.4) is 0 Å². The Balaban J connectivity index is 1.99. The van der Waals surface area contributed by atoms with Crippen molar-refractivity contribution in [2.24, 2.45) is 0 Å². The van der Waals surface area contributed by atoms with Crippen LogP contribution in [-0.2, 0) is 6.54 Å². The predicted molar refractivity (Wildman–Crippen MR) is 62.7 cm³/mol. The van der Waals surface area contributed by atoms with Gasteiger partial charge in [-0.2, -0.15) is 0 Å². The minimum atomic E-state index is -0.303. The Morgan fingerprint density at radius 3 is 2.62 bits per heavy atom. The van der Waals surface area contributed by atoms with Gasteiger partial charge in [-0.25, -0.2) is 4.39 Å². The molecule has 0 aliphatic rings. The highest BCUT2D eigenvalue weighted by molar-refractivity contribution is 5.44. The van der Waals surface area contributed by atoms with E-state index in [1.54, 1.807) is 6.20 Å². The van der Waals surface area contributed by atoms with Gasteiger partial charge in [-0.1, -0.05) is 17.7 Å². The van der Waals surface area contributed by atoms with Gasteiger partial charge in [-0.05, 0) is 30.7 Å². The molecule has 82 valence electrons. The van der Waals surface area contributed by atoms with Gasteiger partial charge in [0.25, 0.3) is 0 Å². The molecule has 16 heavy (non-hydrogen) atoms. The number of aromatic nitrogens is 1. The van der Waals surface area contributed by atoms with Crippen LogP contribution in [0, 0.1) is 12.7 Å². The number of anilines is 1. The lowest BCUT2D eigenvalue weighted by molar-refractivity contribution is 0.619. The maximum Gasteiger partial charge on any atom is 0.141 e. The van der Waals surface area contributed by atoms with Gasteiger partial charge in [0.05, 0.1) is 6.20 Å². The molecule has 0 spiro atoms. The van der Waals surface area contributed by atoms with E-state index in [1.807, 2.05) is 31.2 Å². The van der Waals surface area contributed by atoms with E-state index in [4.69, 9.17) is 0 Å². The number of hydrogen-bond donors (Lipinski definition) is 1. The Bertz CT molecular complexity index is 466. The number of hydrogen-bond acceptors (Lipinski definition) is 2. The van der Waals surface area contributed by atoms with Gasteiger partial charge in [0.2, 0.25) is 0 Å². The van der Waals surface area contributed by atoms with E-state index in [1.165, 1.54) is 17.8 Å². The van der Waals surface area contributed by atoms with Crippen LogP contribution in [0.25, 0.3) is 0 Å². The van der Waals surface area contributed by atoms with Crippen LogP contribution in [0.2, 0.25) is 0 Å². The van der Waals surface area contributed by atoms with Gasteiger partial charge < -0.3 is 5.32 Å². The summed E-state index contributed by atoms with van der Waals surface area (Å²) in [7, 11) is 0. The van der Waals surface area contributed by atoms with Crippen LogP contribution in [0.4, 0.5) is 10.1 Å². The number of halogens is 1. The molecular formula is C13H13FN2. The van der Waals surface area contributed by atoms with Crippen molar-refractivity contribution in [3.63, 3.8) is 0 Å². The lowest BCUT2D eigenvalue weighted by atomic mass is 10.2. The van der Waals surface area contributed by atoms with Crippen molar-refractivity contribution in [1.29, 1.82) is 0 Å². The third-order valence-corrected chi connectivity index (χ3v) is 2.31. The molecule has 0 saturated heterocycles. The first-order chi connectivity index (χ1) is 7.74. The molecule has 0 bridgehead atoms. The minimum Gasteiger partial charge on any atom is -0.381 e. The Kier molecular flexibility index (Phi) is 3.15. The maximum atomic E-state index is 12.9. The molecule has 0 aliphatic heterocycles. The zero-order valence-corrected chi connectivity index (χ0v) is 9.07. The maximum absolute atomic E-state index is 12.9. The molecule has 0 atom stereocenters. The largest absolute Gasteiger partial charge is 0.381 e. The van der Waals surface area contributed by atoms with Gasteiger partial charge in [0.1, 0.15) is 5.82 Å². The summed E-state index contributed by atoms with van der Waals surface area (Å²) in [5.41, 5.74) is 3.08. The molecule has 2 rings (SSSR count). The Hall–Kier alpha value is -1.90. The first kappa shape index (κ1) is 10.6. The average molecular weight is 216 g/mol. The van der Waals surface area contributed by atoms with E-state index in [9.17, 15) is 4.39 Å². The fourth-order valence-electron chi connectivity index (χ4n) is 1.43. The van der Waals surface area contributed by atoms with Crippen molar-refractivity contribution in [2.75, 3.05) is 5.32 Å². The fourth-order valence-corrected chi connectivity index (χ4v) is 1.43. The molecule has 0 aliphatic carbocycles. The molecule has 0 unspecified atom stereocenters. The Morgan fingerprint density at radius 1 is 1.19 bits per heavy atom. The van der Waals surface area contributed by atoms with Crippen molar-refractivity contribution in [1.82, 2.24) is 4.98 Å². The molecule has 0 radical (unpaired) electrons. The van der Waals surface area contributed by atoms with Crippen molar-refractivity contribution in [3.05, 3.63) is 59.7 Å². The third-order valence-electron chi connectivity index (χ3n) is 2.31. The van der Waals surface area contributed by atoms with Crippen LogP contribution >= 0.6 is 0 Å². The van der Waals surface area contributed by atoms with E-state index in [0.29, 0.717) is 6.54 Å². The van der Waals surface area contributed by atoms with Gasteiger partial charge in [0.15, 0.2) is 0 Å². The zero-order chi connectivity index (χ0) is 11.4. The molecule has 1 heterocycles. The lowest BCUT2D eigenvalue weighted by Gasteiger charge is -2.06. The van der Waals surface area contributed by atoms with Gasteiger partial charge >= 0.3 is 0 Å². The smallest absolute Gasteiger partial charge is 0.141 e. The van der Waals surface area contributed by atoms with E-state index >= 15 is 0 Å². The molecular weight excluding hydrogens is 203 g/mol. The summed E-state index contributed by atoms with van der Waals surface area (Å²) in [6.45, 7) is 2.62. The minimum absolute atomic E-state index is 0.303. The van der Waals surface area contributed by atoms with Crippen LogP contribution in [-0.4, -0.2) is 4.98 Å². The molecule has 3 heteroatoms. The van der Waals surface area contributed by atoms with Gasteiger partial charge in [-0.15, -0.1) is 0 Å². The number of nitrogens with one attached hydrogen (secondary N) is 1. The normalized spacial score (nSPS) is 10.1. The summed E-state index contributed by atoms with van der Waals surface area (Å²) in [5.74, 6) is -0.303. The van der Waals surface area contributed by atoms with Gasteiger partial charge in [-0.3, -0.25) is 4.98 Å². The summed E-state index contributed by atoms with van der Waals surface area (Å²) >= 11 is 0. The quantitative estimate of drug-likeness (QED) is 0.852. The number of rotatable bonds is 3. The second-order valence-electron chi connectivity index (χ2n) is 3.73. The highest BCUT2D eigenvalue weighted by atomic mass is 19.1.